The molecule has 2 N–H and O–H groups in total. The first kappa shape index (κ1) is 36.2. The van der Waals surface area contributed by atoms with Gasteiger partial charge in [0.15, 0.2) is 0 Å². The highest BCUT2D eigenvalue weighted by atomic mass is 32.2. The number of nitrogens with one attached hydrogen (secondary N) is 2. The van der Waals surface area contributed by atoms with Crippen molar-refractivity contribution in [3.05, 3.63) is 167 Å². The number of hydrogen-bond acceptors (Lipinski definition) is 6. The molecule has 0 fully saturated rings. The molecule has 0 aliphatic heterocycles. The molecule has 6 aromatic rings. The Hall–Kier alpha value is -5.60. The number of aromatic nitrogens is 1. The number of sulfonamides is 2. The molecule has 9 nitrogen and oxygen atoms in total. The quantitative estimate of drug-likeness (QED) is 0.135. The summed E-state index contributed by atoms with van der Waals surface area (Å²) in [4.78, 5) is 12.5. The van der Waals surface area contributed by atoms with E-state index in [1.807, 2.05) is 72.9 Å². The van der Waals surface area contributed by atoms with Crippen LogP contribution in [0.2, 0.25) is 0 Å². The molecule has 0 saturated carbocycles. The first-order valence-electron chi connectivity index (χ1n) is 15.8. The van der Waals surface area contributed by atoms with Crippen molar-refractivity contribution in [2.24, 2.45) is 0 Å². The van der Waals surface area contributed by atoms with Crippen LogP contribution in [0.1, 0.15) is 44.2 Å². The van der Waals surface area contributed by atoms with Crippen LogP contribution >= 0.6 is 0 Å². The van der Waals surface area contributed by atoms with Crippen LogP contribution < -0.4 is 14.2 Å². The van der Waals surface area contributed by atoms with E-state index in [4.69, 9.17) is 4.74 Å². The van der Waals surface area contributed by atoms with Crippen LogP contribution in [-0.2, 0) is 32.2 Å². The Balaban J connectivity index is 1.44. The Labute approximate surface area is 298 Å². The number of fused-ring (bicyclic) bond motifs is 1. The SMILES string of the molecule is COc1cc(C(=O)NS(=O)(=O)C(F)(F)F)ccc1Cc1cn(C(c2ccccc2)c2ccccc2)c2ccc(NS(=O)(=O)Cc3ccccc3)cc12. The second-order valence-electron chi connectivity index (χ2n) is 11.9. The summed E-state index contributed by atoms with van der Waals surface area (Å²) in [5.41, 5.74) is -1.04. The van der Waals surface area contributed by atoms with Crippen molar-refractivity contribution in [2.45, 2.75) is 23.7 Å². The minimum Gasteiger partial charge on any atom is -0.496 e. The zero-order chi connectivity index (χ0) is 37.1. The number of carbonyl (C=O) groups excluding carboxylic acids is 1. The fourth-order valence-electron chi connectivity index (χ4n) is 6.01. The summed E-state index contributed by atoms with van der Waals surface area (Å²) >= 11 is 0. The largest absolute Gasteiger partial charge is 0.516 e. The number of hydrogen-bond donors (Lipinski definition) is 2. The van der Waals surface area contributed by atoms with Crippen LogP contribution in [0.3, 0.4) is 0 Å². The maximum Gasteiger partial charge on any atom is 0.516 e. The number of nitrogens with zero attached hydrogens (tertiary/aromatic N) is 1. The first-order valence-corrected chi connectivity index (χ1v) is 19.0. The van der Waals surface area contributed by atoms with E-state index in [1.165, 1.54) is 19.2 Å². The van der Waals surface area contributed by atoms with Gasteiger partial charge in [-0.1, -0.05) is 97.1 Å². The van der Waals surface area contributed by atoms with Crippen LogP contribution in [0.5, 0.6) is 5.75 Å². The van der Waals surface area contributed by atoms with Gasteiger partial charge in [-0.3, -0.25) is 9.52 Å². The van der Waals surface area contributed by atoms with Crippen molar-refractivity contribution < 1.29 is 39.5 Å². The zero-order valence-electron chi connectivity index (χ0n) is 27.5. The molecule has 0 radical (unpaired) electrons. The molecule has 0 saturated heterocycles. The average molecular weight is 748 g/mol. The third-order valence-electron chi connectivity index (χ3n) is 8.36. The van der Waals surface area contributed by atoms with Crippen molar-refractivity contribution in [3.8, 4) is 5.75 Å². The van der Waals surface area contributed by atoms with E-state index in [0.717, 1.165) is 33.0 Å². The lowest BCUT2D eigenvalue weighted by Crippen LogP contribution is -2.40. The molecule has 0 bridgehead atoms. The highest BCUT2D eigenvalue weighted by Crippen LogP contribution is 2.36. The number of benzene rings is 5. The van der Waals surface area contributed by atoms with E-state index in [-0.39, 0.29) is 29.5 Å². The minimum atomic E-state index is -5.93. The Morgan fingerprint density at radius 1 is 0.769 bits per heavy atom. The predicted octanol–water partition coefficient (Wildman–Crippen LogP) is 7.40. The molecule has 0 aliphatic carbocycles. The molecule has 0 spiro atoms. The number of rotatable bonds is 12. The van der Waals surface area contributed by atoms with Gasteiger partial charge >= 0.3 is 15.5 Å². The van der Waals surface area contributed by atoms with Crippen molar-refractivity contribution in [3.63, 3.8) is 0 Å². The fourth-order valence-corrected chi connectivity index (χ4v) is 7.68. The van der Waals surface area contributed by atoms with E-state index in [9.17, 15) is 34.8 Å². The number of anilines is 1. The van der Waals surface area contributed by atoms with E-state index in [1.54, 1.807) is 42.5 Å². The lowest BCUT2D eigenvalue weighted by atomic mass is 9.98. The summed E-state index contributed by atoms with van der Waals surface area (Å²) in [6.45, 7) is 0. The molecule has 0 unspecified atom stereocenters. The molecule has 14 heteroatoms. The number of halogens is 3. The first-order chi connectivity index (χ1) is 24.7. The number of amides is 1. The summed E-state index contributed by atoms with van der Waals surface area (Å²) in [5, 5.41) is 0.705. The Morgan fingerprint density at radius 3 is 1.94 bits per heavy atom. The fraction of sp³-hybridized carbons (Fsp3) is 0.132. The molecular weight excluding hydrogens is 716 g/mol. The molecule has 52 heavy (non-hydrogen) atoms. The van der Waals surface area contributed by atoms with Crippen LogP contribution in [0, 0.1) is 0 Å². The molecule has 5 aromatic carbocycles. The van der Waals surface area contributed by atoms with E-state index in [2.05, 4.69) is 9.29 Å². The van der Waals surface area contributed by atoms with Gasteiger partial charge in [0.2, 0.25) is 10.0 Å². The number of ether oxygens (including phenoxy) is 1. The van der Waals surface area contributed by atoms with Crippen LogP contribution in [0.25, 0.3) is 10.9 Å². The lowest BCUT2D eigenvalue weighted by Gasteiger charge is -2.22. The van der Waals surface area contributed by atoms with E-state index in [0.29, 0.717) is 22.2 Å². The van der Waals surface area contributed by atoms with E-state index < -0.39 is 31.5 Å². The van der Waals surface area contributed by atoms with Gasteiger partial charge in [0.25, 0.3) is 5.91 Å². The number of carbonyl (C=O) groups is 1. The monoisotopic (exact) mass is 747 g/mol. The highest BCUT2D eigenvalue weighted by molar-refractivity contribution is 7.92. The molecule has 0 atom stereocenters. The van der Waals surface area contributed by atoms with Gasteiger partial charge in [0.1, 0.15) is 5.75 Å². The third-order valence-corrected chi connectivity index (χ3v) is 10.7. The normalized spacial score (nSPS) is 12.2. The van der Waals surface area contributed by atoms with Crippen molar-refractivity contribution in [1.29, 1.82) is 0 Å². The Morgan fingerprint density at radius 2 is 1.37 bits per heavy atom. The maximum absolute atomic E-state index is 13.2. The predicted molar refractivity (Wildman–Crippen MR) is 193 cm³/mol. The molecule has 1 heterocycles. The topological polar surface area (TPSA) is 124 Å². The Bertz CT molecular complexity index is 2400. The standard InChI is InChI=1S/C38H32F3N3O6S2/c1-50-35-22-30(37(45)43-52(48,49)38(39,40)41)18-17-29(35)21-31-24-44(36(27-13-7-3-8-14-27)28-15-9-4-10-16-28)34-20-19-32(23-33(31)34)42-51(46,47)25-26-11-5-2-6-12-26/h2-20,22-24,36,42H,21,25H2,1H3,(H,43,45). The lowest BCUT2D eigenvalue weighted by molar-refractivity contribution is -0.0446. The van der Waals surface area contributed by atoms with Crippen molar-refractivity contribution >= 4 is 42.5 Å². The van der Waals surface area contributed by atoms with Gasteiger partial charge in [-0.05, 0) is 58.1 Å². The molecular formula is C38H32F3N3O6S2. The summed E-state index contributed by atoms with van der Waals surface area (Å²) in [7, 11) is -8.41. The smallest absolute Gasteiger partial charge is 0.496 e. The highest BCUT2D eigenvalue weighted by Gasteiger charge is 2.47. The van der Waals surface area contributed by atoms with Crippen molar-refractivity contribution in [2.75, 3.05) is 11.8 Å². The van der Waals surface area contributed by atoms with Crippen LogP contribution in [0.4, 0.5) is 18.9 Å². The van der Waals surface area contributed by atoms with Gasteiger partial charge in [-0.25, -0.2) is 13.1 Å². The molecule has 6 rings (SSSR count). The van der Waals surface area contributed by atoms with Gasteiger partial charge in [0.05, 0.1) is 18.9 Å². The van der Waals surface area contributed by atoms with Gasteiger partial charge in [0, 0.05) is 34.8 Å². The summed E-state index contributed by atoms with van der Waals surface area (Å²) in [6, 6.07) is 37.3. The zero-order valence-corrected chi connectivity index (χ0v) is 29.2. The average Bonchev–Trinajstić information content (AvgIpc) is 3.45. The summed E-state index contributed by atoms with van der Waals surface area (Å²) < 4.78 is 99.6. The number of alkyl halides is 3. The van der Waals surface area contributed by atoms with Crippen LogP contribution in [0.15, 0.2) is 134 Å². The van der Waals surface area contributed by atoms with Crippen LogP contribution in [-0.4, -0.2) is 39.9 Å². The summed E-state index contributed by atoms with van der Waals surface area (Å²) in [6.07, 6.45) is 2.14. The minimum absolute atomic E-state index is 0.125. The molecule has 0 aliphatic rings. The maximum atomic E-state index is 13.2. The van der Waals surface area contributed by atoms with Gasteiger partial charge < -0.3 is 9.30 Å². The second kappa shape index (κ2) is 14.6. The molecule has 1 amide bonds. The second-order valence-corrected chi connectivity index (χ2v) is 15.3. The van der Waals surface area contributed by atoms with Gasteiger partial charge in [-0.2, -0.15) is 21.6 Å². The number of methoxy groups -OCH3 is 1. The Kier molecular flexibility index (Phi) is 10.1. The molecule has 1 aromatic heterocycles. The third kappa shape index (κ3) is 7.98. The van der Waals surface area contributed by atoms with Gasteiger partial charge in [-0.15, -0.1) is 0 Å². The van der Waals surface area contributed by atoms with Crippen molar-refractivity contribution in [1.82, 2.24) is 9.29 Å². The summed E-state index contributed by atoms with van der Waals surface area (Å²) in [5.74, 6) is -1.58. The molecule has 268 valence electrons. The van der Waals surface area contributed by atoms with E-state index >= 15 is 0 Å².